The van der Waals surface area contributed by atoms with Crippen LogP contribution in [0, 0.1) is 5.41 Å². The first-order valence-electron chi connectivity index (χ1n) is 6.54. The second kappa shape index (κ2) is 6.50. The molecule has 0 aliphatic heterocycles. The molecule has 0 unspecified atom stereocenters. The number of hydrogen-bond donors (Lipinski definition) is 2. The minimum absolute atomic E-state index is 0.0714. The maximum absolute atomic E-state index is 12.1. The van der Waals surface area contributed by atoms with E-state index in [9.17, 15) is 8.42 Å². The van der Waals surface area contributed by atoms with E-state index in [0.29, 0.717) is 11.4 Å². The molecule has 0 aromatic heterocycles. The van der Waals surface area contributed by atoms with E-state index in [1.807, 2.05) is 39.8 Å². The lowest BCUT2D eigenvalue weighted by Crippen LogP contribution is -2.32. The zero-order valence-corrected chi connectivity index (χ0v) is 13.0. The smallest absolute Gasteiger partial charge is 0.240 e. The van der Waals surface area contributed by atoms with Crippen molar-refractivity contribution in [2.24, 2.45) is 5.41 Å². The molecule has 5 heteroatoms. The van der Waals surface area contributed by atoms with Gasteiger partial charge in [-0.3, -0.25) is 0 Å². The molecule has 0 radical (unpaired) electrons. The van der Waals surface area contributed by atoms with Gasteiger partial charge < -0.3 is 5.32 Å². The molecule has 4 nitrogen and oxygen atoms in total. The Morgan fingerprint density at radius 3 is 2.16 bits per heavy atom. The van der Waals surface area contributed by atoms with Crippen LogP contribution >= 0.6 is 0 Å². The zero-order chi connectivity index (χ0) is 14.5. The van der Waals surface area contributed by atoms with Gasteiger partial charge in [0, 0.05) is 13.1 Å². The molecule has 2 N–H and O–H groups in total. The normalized spacial score (nSPS) is 12.6. The van der Waals surface area contributed by atoms with Crippen LogP contribution in [0.5, 0.6) is 0 Å². The largest absolute Gasteiger partial charge is 0.313 e. The minimum Gasteiger partial charge on any atom is -0.313 e. The van der Waals surface area contributed by atoms with E-state index in [1.165, 1.54) is 0 Å². The molecule has 0 bridgehead atoms. The Labute approximate surface area is 116 Å². The first-order valence-corrected chi connectivity index (χ1v) is 8.02. The SMILES string of the molecule is CCNCc1ccc(S(=O)(=O)NCC(C)(C)C)cc1. The van der Waals surface area contributed by atoms with Gasteiger partial charge in [0.25, 0.3) is 0 Å². The van der Waals surface area contributed by atoms with Crippen molar-refractivity contribution in [3.63, 3.8) is 0 Å². The molecular weight excluding hydrogens is 260 g/mol. The molecule has 0 heterocycles. The number of hydrogen-bond acceptors (Lipinski definition) is 3. The topological polar surface area (TPSA) is 58.2 Å². The molecule has 0 saturated carbocycles. The van der Waals surface area contributed by atoms with Gasteiger partial charge in [0.15, 0.2) is 0 Å². The lowest BCUT2D eigenvalue weighted by Gasteiger charge is -2.18. The van der Waals surface area contributed by atoms with E-state index in [4.69, 9.17) is 0 Å². The van der Waals surface area contributed by atoms with Crippen LogP contribution in [0.3, 0.4) is 0 Å². The average molecular weight is 284 g/mol. The van der Waals surface area contributed by atoms with Crippen molar-refractivity contribution in [1.29, 1.82) is 0 Å². The molecule has 0 saturated heterocycles. The van der Waals surface area contributed by atoms with Crippen molar-refractivity contribution in [1.82, 2.24) is 10.0 Å². The summed E-state index contributed by atoms with van der Waals surface area (Å²) in [6.45, 7) is 10.1. The van der Waals surface area contributed by atoms with Crippen molar-refractivity contribution >= 4 is 10.0 Å². The Morgan fingerprint density at radius 2 is 1.68 bits per heavy atom. The highest BCUT2D eigenvalue weighted by Gasteiger charge is 2.18. The zero-order valence-electron chi connectivity index (χ0n) is 12.2. The summed E-state index contributed by atoms with van der Waals surface area (Å²) in [6, 6.07) is 6.98. The second-order valence-corrected chi connectivity index (χ2v) is 7.58. The summed E-state index contributed by atoms with van der Waals surface area (Å²) in [5.41, 5.74) is 1.01. The van der Waals surface area contributed by atoms with Crippen LogP contribution in [0.15, 0.2) is 29.2 Å². The van der Waals surface area contributed by atoms with Crippen molar-refractivity contribution in [2.75, 3.05) is 13.1 Å². The lowest BCUT2D eigenvalue weighted by atomic mass is 9.98. The molecule has 19 heavy (non-hydrogen) atoms. The van der Waals surface area contributed by atoms with Crippen LogP contribution in [0.25, 0.3) is 0 Å². The summed E-state index contributed by atoms with van der Waals surface area (Å²) >= 11 is 0. The Morgan fingerprint density at radius 1 is 1.11 bits per heavy atom. The van der Waals surface area contributed by atoms with Crippen LogP contribution in [-0.4, -0.2) is 21.5 Å². The minimum atomic E-state index is -3.40. The van der Waals surface area contributed by atoms with Crippen LogP contribution < -0.4 is 10.0 Å². The summed E-state index contributed by atoms with van der Waals surface area (Å²) in [6.07, 6.45) is 0. The summed E-state index contributed by atoms with van der Waals surface area (Å²) in [7, 11) is -3.40. The summed E-state index contributed by atoms with van der Waals surface area (Å²) in [4.78, 5) is 0.317. The Hall–Kier alpha value is -0.910. The molecular formula is C14H24N2O2S. The maximum atomic E-state index is 12.1. The molecule has 0 atom stereocenters. The van der Waals surface area contributed by atoms with Crippen LogP contribution in [0.1, 0.15) is 33.3 Å². The van der Waals surface area contributed by atoms with E-state index in [-0.39, 0.29) is 5.41 Å². The highest BCUT2D eigenvalue weighted by molar-refractivity contribution is 7.89. The summed E-state index contributed by atoms with van der Waals surface area (Å²) in [5.74, 6) is 0. The first kappa shape index (κ1) is 16.1. The third-order valence-electron chi connectivity index (χ3n) is 2.61. The van der Waals surface area contributed by atoms with Crippen molar-refractivity contribution in [3.8, 4) is 0 Å². The Bertz CT molecular complexity index is 487. The Balaban J connectivity index is 2.73. The molecule has 0 aliphatic carbocycles. The summed E-state index contributed by atoms with van der Waals surface area (Å²) in [5, 5.41) is 3.20. The number of benzene rings is 1. The predicted octanol–water partition coefficient (Wildman–Crippen LogP) is 2.12. The van der Waals surface area contributed by atoms with Gasteiger partial charge in [-0.1, -0.05) is 39.8 Å². The lowest BCUT2D eigenvalue weighted by molar-refractivity contribution is 0.407. The first-order chi connectivity index (χ1) is 8.74. The fourth-order valence-electron chi connectivity index (χ4n) is 1.45. The third-order valence-corrected chi connectivity index (χ3v) is 4.02. The van der Waals surface area contributed by atoms with Crippen LogP contribution in [0.2, 0.25) is 0 Å². The highest BCUT2D eigenvalue weighted by Crippen LogP contribution is 2.14. The molecule has 0 spiro atoms. The van der Waals surface area contributed by atoms with E-state index in [1.54, 1.807) is 12.1 Å². The Kier molecular flexibility index (Phi) is 5.52. The van der Waals surface area contributed by atoms with Crippen molar-refractivity contribution < 1.29 is 8.42 Å². The number of rotatable bonds is 6. The number of nitrogens with one attached hydrogen (secondary N) is 2. The number of sulfonamides is 1. The molecule has 1 aromatic carbocycles. The fraction of sp³-hybridized carbons (Fsp3) is 0.571. The van der Waals surface area contributed by atoms with Gasteiger partial charge in [0.05, 0.1) is 4.90 Å². The third kappa shape index (κ3) is 5.72. The average Bonchev–Trinajstić information content (AvgIpc) is 2.34. The van der Waals surface area contributed by atoms with Gasteiger partial charge in [-0.15, -0.1) is 0 Å². The standard InChI is InChI=1S/C14H24N2O2S/c1-5-15-10-12-6-8-13(9-7-12)19(17,18)16-11-14(2,3)4/h6-9,15-16H,5,10-11H2,1-4H3. The monoisotopic (exact) mass is 284 g/mol. The van der Waals surface area contributed by atoms with Gasteiger partial charge in [0.2, 0.25) is 10.0 Å². The van der Waals surface area contributed by atoms with E-state index in [2.05, 4.69) is 10.0 Å². The van der Waals surface area contributed by atoms with E-state index < -0.39 is 10.0 Å². The molecule has 1 rings (SSSR count). The summed E-state index contributed by atoms with van der Waals surface area (Å²) < 4.78 is 26.8. The van der Waals surface area contributed by atoms with E-state index >= 15 is 0 Å². The predicted molar refractivity (Wildman–Crippen MR) is 78.5 cm³/mol. The van der Waals surface area contributed by atoms with Crippen LogP contribution in [0.4, 0.5) is 0 Å². The van der Waals surface area contributed by atoms with Gasteiger partial charge in [0.1, 0.15) is 0 Å². The molecule has 0 fully saturated rings. The van der Waals surface area contributed by atoms with Crippen LogP contribution in [-0.2, 0) is 16.6 Å². The van der Waals surface area contributed by atoms with Crippen molar-refractivity contribution in [2.45, 2.75) is 39.1 Å². The molecule has 0 amide bonds. The van der Waals surface area contributed by atoms with Gasteiger partial charge >= 0.3 is 0 Å². The second-order valence-electron chi connectivity index (χ2n) is 5.81. The molecule has 0 aliphatic rings. The quantitative estimate of drug-likeness (QED) is 0.841. The highest BCUT2D eigenvalue weighted by atomic mass is 32.2. The molecule has 108 valence electrons. The maximum Gasteiger partial charge on any atom is 0.240 e. The van der Waals surface area contributed by atoms with Gasteiger partial charge in [-0.05, 0) is 29.7 Å². The van der Waals surface area contributed by atoms with E-state index in [0.717, 1.165) is 18.7 Å². The van der Waals surface area contributed by atoms with Gasteiger partial charge in [-0.2, -0.15) is 0 Å². The molecule has 1 aromatic rings. The fourth-order valence-corrected chi connectivity index (χ4v) is 2.73. The van der Waals surface area contributed by atoms with Crippen molar-refractivity contribution in [3.05, 3.63) is 29.8 Å². The van der Waals surface area contributed by atoms with Gasteiger partial charge in [-0.25, -0.2) is 13.1 Å².